The van der Waals surface area contributed by atoms with Crippen molar-refractivity contribution < 1.29 is 23.6 Å². The van der Waals surface area contributed by atoms with E-state index in [-0.39, 0.29) is 0 Å². The molecule has 0 bridgehead atoms. The first-order chi connectivity index (χ1) is 18.0. The number of aliphatic carboxylic acids is 1. The van der Waals surface area contributed by atoms with E-state index >= 15 is 0 Å². The largest absolute Gasteiger partial charge is 0.490 e. The normalized spacial score (nSPS) is 17.6. The lowest BCUT2D eigenvalue weighted by Gasteiger charge is -2.30. The van der Waals surface area contributed by atoms with Gasteiger partial charge >= 0.3 is 5.97 Å². The Bertz CT molecular complexity index is 1210. The average Bonchev–Trinajstić information content (AvgIpc) is 2.85. The Morgan fingerprint density at radius 3 is 2.55 bits per heavy atom. The van der Waals surface area contributed by atoms with Gasteiger partial charge in [-0.15, -0.1) is 0 Å². The molecule has 2 aliphatic rings. The molecule has 1 fully saturated rings. The summed E-state index contributed by atoms with van der Waals surface area (Å²) in [6, 6.07) is 5.93. The van der Waals surface area contributed by atoms with Crippen molar-refractivity contribution in [3.05, 3.63) is 40.5 Å². The Labute approximate surface area is 229 Å². The second-order valence-corrected chi connectivity index (χ2v) is 12.8. The van der Waals surface area contributed by atoms with Gasteiger partial charge in [-0.2, -0.15) is 0 Å². The molecule has 0 radical (unpaired) electrons. The standard InChI is InChI=1S/C30H42N2O5S/c1-18-16-23(32-38(35)17-21-10-8-7-9-11-21)20(3)26(28(29(33)34)37-30(4,5)6)25(18)22-12-13-24-27(19(22)2)31-14-15-36-24/h12-13,16,21,28,31-32H,7-11,14-15,17H2,1-6H3,(H,33,34). The van der Waals surface area contributed by atoms with Gasteiger partial charge in [0.1, 0.15) is 23.3 Å². The van der Waals surface area contributed by atoms with Gasteiger partial charge in [-0.25, -0.2) is 9.00 Å². The van der Waals surface area contributed by atoms with E-state index in [1.807, 2.05) is 59.7 Å². The van der Waals surface area contributed by atoms with Gasteiger partial charge in [0.05, 0.1) is 11.3 Å². The van der Waals surface area contributed by atoms with Crippen LogP contribution in [0.1, 0.15) is 81.2 Å². The van der Waals surface area contributed by atoms with Crippen molar-refractivity contribution in [2.45, 2.75) is 85.4 Å². The number of carboxylic acid groups (broad SMARTS) is 1. The Kier molecular flexibility index (Phi) is 8.72. The molecule has 0 aromatic heterocycles. The first-order valence-electron chi connectivity index (χ1n) is 13.7. The van der Waals surface area contributed by atoms with Crippen LogP contribution >= 0.6 is 0 Å². The third-order valence-corrected chi connectivity index (χ3v) is 8.71. The van der Waals surface area contributed by atoms with Crippen LogP contribution in [0, 0.1) is 26.7 Å². The first kappa shape index (κ1) is 28.4. The van der Waals surface area contributed by atoms with Crippen molar-refractivity contribution in [2.75, 3.05) is 28.9 Å². The molecule has 1 heterocycles. The minimum Gasteiger partial charge on any atom is -0.490 e. The van der Waals surface area contributed by atoms with Gasteiger partial charge in [-0.05, 0) is 100 Å². The molecular formula is C30H42N2O5S. The maximum Gasteiger partial charge on any atom is 0.337 e. The average molecular weight is 543 g/mol. The summed E-state index contributed by atoms with van der Waals surface area (Å²) >= 11 is 0. The molecule has 2 aromatic rings. The van der Waals surface area contributed by atoms with E-state index in [9.17, 15) is 14.1 Å². The molecule has 2 aromatic carbocycles. The predicted molar refractivity (Wildman–Crippen MR) is 154 cm³/mol. The number of hydrogen-bond acceptors (Lipinski definition) is 5. The van der Waals surface area contributed by atoms with Gasteiger partial charge in [0.15, 0.2) is 6.10 Å². The summed E-state index contributed by atoms with van der Waals surface area (Å²) in [6.45, 7) is 12.8. The third-order valence-electron chi connectivity index (χ3n) is 7.48. The second kappa shape index (κ2) is 11.7. The lowest BCUT2D eigenvalue weighted by atomic mass is 9.85. The molecule has 0 spiro atoms. The van der Waals surface area contributed by atoms with Gasteiger partial charge in [0, 0.05) is 23.5 Å². The Balaban J connectivity index is 1.83. The van der Waals surface area contributed by atoms with Crippen molar-refractivity contribution in [2.24, 2.45) is 5.92 Å². The van der Waals surface area contributed by atoms with Crippen LogP contribution in [0.5, 0.6) is 5.75 Å². The van der Waals surface area contributed by atoms with E-state index in [2.05, 4.69) is 10.0 Å². The summed E-state index contributed by atoms with van der Waals surface area (Å²) in [7, 11) is -1.26. The second-order valence-electron chi connectivity index (χ2n) is 11.6. The number of carbonyl (C=O) groups is 1. The predicted octanol–water partition coefficient (Wildman–Crippen LogP) is 6.68. The van der Waals surface area contributed by atoms with Crippen molar-refractivity contribution >= 4 is 28.3 Å². The monoisotopic (exact) mass is 542 g/mol. The van der Waals surface area contributed by atoms with E-state index in [1.165, 1.54) is 19.3 Å². The number of ether oxygens (including phenoxy) is 2. The van der Waals surface area contributed by atoms with Crippen LogP contribution in [0.25, 0.3) is 11.1 Å². The van der Waals surface area contributed by atoms with Gasteiger partial charge in [0.2, 0.25) is 0 Å². The Morgan fingerprint density at radius 1 is 1.18 bits per heavy atom. The van der Waals surface area contributed by atoms with Crippen molar-refractivity contribution in [1.82, 2.24) is 0 Å². The zero-order chi connectivity index (χ0) is 27.6. The number of nitrogens with one attached hydrogen (secondary N) is 2. The number of hydrogen-bond donors (Lipinski definition) is 3. The molecule has 8 heteroatoms. The maximum absolute atomic E-state index is 13.2. The molecule has 208 valence electrons. The molecule has 7 nitrogen and oxygen atoms in total. The van der Waals surface area contributed by atoms with E-state index in [1.54, 1.807) is 0 Å². The lowest BCUT2D eigenvalue weighted by Crippen LogP contribution is -2.29. The topological polar surface area (TPSA) is 96.9 Å². The minimum atomic E-state index is -1.26. The van der Waals surface area contributed by atoms with Crippen molar-refractivity contribution in [3.63, 3.8) is 0 Å². The SMILES string of the molecule is Cc1cc(NS(=O)CC2CCCCC2)c(C)c(C(OC(C)(C)C)C(=O)O)c1-c1ccc2c(c1C)NCCO2. The fraction of sp³-hybridized carbons (Fsp3) is 0.567. The van der Waals surface area contributed by atoms with E-state index in [0.717, 1.165) is 52.1 Å². The molecule has 0 saturated heterocycles. The Hall–Kier alpha value is -2.58. The van der Waals surface area contributed by atoms with Crippen LogP contribution in [0.4, 0.5) is 11.4 Å². The molecule has 4 rings (SSSR count). The molecular weight excluding hydrogens is 500 g/mol. The fourth-order valence-electron chi connectivity index (χ4n) is 5.69. The van der Waals surface area contributed by atoms with Gasteiger partial charge in [-0.1, -0.05) is 25.3 Å². The van der Waals surface area contributed by atoms with Crippen LogP contribution in [-0.4, -0.2) is 39.8 Å². The van der Waals surface area contributed by atoms with Crippen LogP contribution in [0.2, 0.25) is 0 Å². The molecule has 2 atom stereocenters. The molecule has 1 saturated carbocycles. The lowest BCUT2D eigenvalue weighted by molar-refractivity contribution is -0.160. The number of carboxylic acids is 1. The minimum absolute atomic E-state index is 0.459. The molecule has 0 amide bonds. The highest BCUT2D eigenvalue weighted by Crippen LogP contribution is 2.45. The summed E-state index contributed by atoms with van der Waals surface area (Å²) < 4.78 is 28.4. The molecule has 1 aliphatic carbocycles. The highest BCUT2D eigenvalue weighted by molar-refractivity contribution is 7.86. The number of anilines is 2. The molecule has 1 aliphatic heterocycles. The highest BCUT2D eigenvalue weighted by atomic mass is 32.2. The summed E-state index contributed by atoms with van der Waals surface area (Å²) in [5.74, 6) is 0.805. The summed E-state index contributed by atoms with van der Waals surface area (Å²) in [6.07, 6.45) is 4.69. The van der Waals surface area contributed by atoms with Gasteiger partial charge < -0.3 is 24.6 Å². The van der Waals surface area contributed by atoms with E-state index in [0.29, 0.717) is 36.1 Å². The molecule has 3 N–H and O–H groups in total. The maximum atomic E-state index is 13.2. The summed E-state index contributed by atoms with van der Waals surface area (Å²) in [5, 5.41) is 13.8. The van der Waals surface area contributed by atoms with Crippen LogP contribution in [0.3, 0.4) is 0 Å². The van der Waals surface area contributed by atoms with Crippen molar-refractivity contribution in [1.29, 1.82) is 0 Å². The highest BCUT2D eigenvalue weighted by Gasteiger charge is 2.33. The van der Waals surface area contributed by atoms with E-state index in [4.69, 9.17) is 9.47 Å². The van der Waals surface area contributed by atoms with E-state index < -0.39 is 28.7 Å². The molecule has 2 unspecified atom stereocenters. The van der Waals surface area contributed by atoms with Gasteiger partial charge in [-0.3, -0.25) is 0 Å². The van der Waals surface area contributed by atoms with Crippen molar-refractivity contribution in [3.8, 4) is 16.9 Å². The van der Waals surface area contributed by atoms with Crippen LogP contribution in [-0.2, 0) is 20.5 Å². The summed E-state index contributed by atoms with van der Waals surface area (Å²) in [4.78, 5) is 12.7. The zero-order valence-electron chi connectivity index (χ0n) is 23.5. The van der Waals surface area contributed by atoms with Gasteiger partial charge in [0.25, 0.3) is 0 Å². The smallest absolute Gasteiger partial charge is 0.337 e. The third kappa shape index (κ3) is 6.34. The molecule has 38 heavy (non-hydrogen) atoms. The number of aryl methyl sites for hydroxylation is 1. The quantitative estimate of drug-likeness (QED) is 0.344. The number of benzene rings is 2. The van der Waals surface area contributed by atoms with Crippen LogP contribution in [0.15, 0.2) is 18.2 Å². The Morgan fingerprint density at radius 2 is 1.89 bits per heavy atom. The number of rotatable bonds is 8. The fourth-order valence-corrected chi connectivity index (χ4v) is 6.99. The number of fused-ring (bicyclic) bond motifs is 1. The zero-order valence-corrected chi connectivity index (χ0v) is 24.3. The summed E-state index contributed by atoms with van der Waals surface area (Å²) in [5.41, 5.74) is 5.90. The van der Waals surface area contributed by atoms with Crippen LogP contribution < -0.4 is 14.8 Å². The first-order valence-corrected chi connectivity index (χ1v) is 15.0.